The molecule has 13 heteroatoms. The largest absolute Gasteiger partial charge is 0.480 e. The maximum atomic E-state index is 13.2. The van der Waals surface area contributed by atoms with Crippen LogP contribution in [0.25, 0.3) is 0 Å². The molecule has 1 atom stereocenters. The Bertz CT molecular complexity index is 1460. The maximum Gasteiger partial charge on any atom is 0.414 e. The number of ether oxygens (including phenoxy) is 2. The van der Waals surface area contributed by atoms with Gasteiger partial charge in [-0.05, 0) is 48.5 Å². The lowest BCUT2D eigenvalue weighted by atomic mass is 10.1. The van der Waals surface area contributed by atoms with E-state index in [-0.39, 0.29) is 32.1 Å². The predicted molar refractivity (Wildman–Crippen MR) is 145 cm³/mol. The fourth-order valence-electron chi connectivity index (χ4n) is 4.47. The number of carboxylic acids is 1. The molecular formula is C27H22ClN3O8S. The molecule has 3 heterocycles. The van der Waals surface area contributed by atoms with E-state index in [9.17, 15) is 24.0 Å². The van der Waals surface area contributed by atoms with E-state index >= 15 is 0 Å². The van der Waals surface area contributed by atoms with Crippen molar-refractivity contribution in [3.8, 4) is 0 Å². The molecule has 0 spiro atoms. The minimum Gasteiger partial charge on any atom is -0.480 e. The van der Waals surface area contributed by atoms with Crippen molar-refractivity contribution >= 4 is 64.1 Å². The molecule has 0 radical (unpaired) electrons. The van der Waals surface area contributed by atoms with Crippen LogP contribution in [0.15, 0.2) is 60.7 Å². The summed E-state index contributed by atoms with van der Waals surface area (Å²) >= 11 is 7.11. The topological polar surface area (TPSA) is 134 Å². The Balaban J connectivity index is 1.27. The van der Waals surface area contributed by atoms with Crippen LogP contribution in [0.5, 0.6) is 0 Å². The number of hydrogen-bond acceptors (Lipinski definition) is 8. The summed E-state index contributed by atoms with van der Waals surface area (Å²) in [5.74, 6) is -2.32. The summed E-state index contributed by atoms with van der Waals surface area (Å²) in [5.41, 5.74) is 1.63. The fraction of sp³-hybridized carbons (Fsp3) is 0.222. The molecular weight excluding hydrogens is 562 g/mol. The lowest BCUT2D eigenvalue weighted by Gasteiger charge is -2.23. The zero-order chi connectivity index (χ0) is 28.4. The number of carbonyl (C=O) groups is 5. The first-order valence-electron chi connectivity index (χ1n) is 12.1. The molecule has 0 saturated carbocycles. The summed E-state index contributed by atoms with van der Waals surface area (Å²) in [6.45, 7) is -0.393. The molecule has 1 fully saturated rings. The van der Waals surface area contributed by atoms with Gasteiger partial charge in [0.05, 0.1) is 40.0 Å². The maximum absolute atomic E-state index is 13.2. The standard InChI is InChI=1S/C27H22ClN3O8S/c28-22-10-9-21(40-22)26(36)29(11-12-38-15-23(32)33)16-5-7-17(8-6-16)30-13-18(39-27(30)37)14-31-24(34)19-3-1-2-4-20(19)25(31)35/h1-10,18H,11-15H2,(H,32,33). The van der Waals surface area contributed by atoms with Crippen molar-refractivity contribution in [1.82, 2.24) is 4.90 Å². The molecule has 1 N–H and O–H groups in total. The Labute approximate surface area is 237 Å². The van der Waals surface area contributed by atoms with Crippen LogP contribution < -0.4 is 9.80 Å². The van der Waals surface area contributed by atoms with Crippen LogP contribution in [0.4, 0.5) is 16.2 Å². The highest BCUT2D eigenvalue weighted by molar-refractivity contribution is 7.18. The van der Waals surface area contributed by atoms with E-state index in [2.05, 4.69) is 0 Å². The first kappa shape index (κ1) is 27.3. The molecule has 2 aliphatic rings. The third-order valence-electron chi connectivity index (χ3n) is 6.33. The second-order valence-corrected chi connectivity index (χ2v) is 10.6. The number of imide groups is 1. The molecule has 206 valence electrons. The molecule has 40 heavy (non-hydrogen) atoms. The van der Waals surface area contributed by atoms with Gasteiger partial charge in [0.15, 0.2) is 0 Å². The van der Waals surface area contributed by atoms with Crippen LogP contribution >= 0.6 is 22.9 Å². The van der Waals surface area contributed by atoms with Crippen LogP contribution in [0.3, 0.4) is 0 Å². The van der Waals surface area contributed by atoms with Crippen molar-refractivity contribution in [2.24, 2.45) is 0 Å². The van der Waals surface area contributed by atoms with E-state index in [4.69, 9.17) is 26.2 Å². The number of nitrogens with zero attached hydrogens (tertiary/aromatic N) is 3. The Morgan fingerprint density at radius 2 is 1.70 bits per heavy atom. The summed E-state index contributed by atoms with van der Waals surface area (Å²) in [6, 6.07) is 16.3. The molecule has 0 bridgehead atoms. The first-order chi connectivity index (χ1) is 19.2. The van der Waals surface area contributed by atoms with Crippen molar-refractivity contribution in [1.29, 1.82) is 0 Å². The van der Waals surface area contributed by atoms with Crippen LogP contribution in [0, 0.1) is 0 Å². The van der Waals surface area contributed by atoms with Gasteiger partial charge in [-0.3, -0.25) is 24.2 Å². The number of aliphatic carboxylic acids is 1. The van der Waals surface area contributed by atoms with E-state index in [1.54, 1.807) is 60.7 Å². The average Bonchev–Trinajstić information content (AvgIpc) is 3.61. The van der Waals surface area contributed by atoms with Gasteiger partial charge in [-0.2, -0.15) is 0 Å². The van der Waals surface area contributed by atoms with E-state index in [1.807, 2.05) is 0 Å². The van der Waals surface area contributed by atoms with Gasteiger partial charge in [-0.1, -0.05) is 23.7 Å². The summed E-state index contributed by atoms with van der Waals surface area (Å²) in [5, 5.41) is 8.81. The van der Waals surface area contributed by atoms with Crippen molar-refractivity contribution in [3.05, 3.63) is 81.0 Å². The number of amides is 4. The molecule has 1 unspecified atom stereocenters. The predicted octanol–water partition coefficient (Wildman–Crippen LogP) is 3.77. The molecule has 1 aromatic heterocycles. The number of rotatable bonds is 10. The van der Waals surface area contributed by atoms with Gasteiger partial charge < -0.3 is 19.5 Å². The summed E-state index contributed by atoms with van der Waals surface area (Å²) < 4.78 is 11.0. The molecule has 1 saturated heterocycles. The second-order valence-electron chi connectivity index (χ2n) is 8.91. The number of thiophene rings is 1. The highest BCUT2D eigenvalue weighted by atomic mass is 35.5. The average molecular weight is 584 g/mol. The number of fused-ring (bicyclic) bond motifs is 1. The molecule has 0 aliphatic carbocycles. The lowest BCUT2D eigenvalue weighted by Crippen LogP contribution is -2.38. The number of hydrogen-bond donors (Lipinski definition) is 1. The molecule has 11 nitrogen and oxygen atoms in total. The Morgan fingerprint density at radius 1 is 1.02 bits per heavy atom. The Kier molecular flexibility index (Phi) is 7.83. The van der Waals surface area contributed by atoms with Crippen LogP contribution in [-0.2, 0) is 14.3 Å². The molecule has 2 aliphatic heterocycles. The number of halogens is 1. The van der Waals surface area contributed by atoms with Gasteiger partial charge in [-0.15, -0.1) is 11.3 Å². The van der Waals surface area contributed by atoms with Crippen molar-refractivity contribution in [2.75, 3.05) is 42.6 Å². The van der Waals surface area contributed by atoms with E-state index in [1.165, 1.54) is 9.80 Å². The Morgan fingerprint density at radius 3 is 2.30 bits per heavy atom. The van der Waals surface area contributed by atoms with E-state index < -0.39 is 36.6 Å². The van der Waals surface area contributed by atoms with Crippen molar-refractivity contribution < 1.29 is 38.6 Å². The van der Waals surface area contributed by atoms with Crippen molar-refractivity contribution in [2.45, 2.75) is 6.10 Å². The third kappa shape index (κ3) is 5.55. The highest BCUT2D eigenvalue weighted by Crippen LogP contribution is 2.29. The van der Waals surface area contributed by atoms with Crippen molar-refractivity contribution in [3.63, 3.8) is 0 Å². The number of carboxylic acid groups (broad SMARTS) is 1. The SMILES string of the molecule is O=C(O)COCCN(C(=O)c1ccc(Cl)s1)c1ccc(N2CC(CN3C(=O)c4ccccc4C3=O)OC2=O)cc1. The summed E-state index contributed by atoms with van der Waals surface area (Å²) in [7, 11) is 0. The molecule has 5 rings (SSSR count). The third-order valence-corrected chi connectivity index (χ3v) is 7.54. The van der Waals surface area contributed by atoms with Gasteiger partial charge in [0.25, 0.3) is 17.7 Å². The highest BCUT2D eigenvalue weighted by Gasteiger charge is 2.40. The van der Waals surface area contributed by atoms with Gasteiger partial charge in [0.1, 0.15) is 12.7 Å². The van der Waals surface area contributed by atoms with Gasteiger partial charge in [0, 0.05) is 17.9 Å². The second kappa shape index (κ2) is 11.5. The van der Waals surface area contributed by atoms with Crippen LogP contribution in [0.2, 0.25) is 4.34 Å². The summed E-state index contributed by atoms with van der Waals surface area (Å²) in [6.07, 6.45) is -1.35. The monoisotopic (exact) mass is 583 g/mol. The lowest BCUT2D eigenvalue weighted by molar-refractivity contribution is -0.142. The minimum atomic E-state index is -1.12. The fourth-order valence-corrected chi connectivity index (χ4v) is 5.47. The number of benzene rings is 2. The normalized spacial score (nSPS) is 16.3. The molecule has 4 amide bonds. The van der Waals surface area contributed by atoms with Gasteiger partial charge in [0.2, 0.25) is 0 Å². The first-order valence-corrected chi connectivity index (χ1v) is 13.3. The number of anilines is 2. The Hall–Kier alpha value is -4.26. The zero-order valence-corrected chi connectivity index (χ0v) is 22.4. The van der Waals surface area contributed by atoms with Crippen LogP contribution in [0.1, 0.15) is 30.4 Å². The number of cyclic esters (lactones) is 1. The summed E-state index contributed by atoms with van der Waals surface area (Å²) in [4.78, 5) is 66.3. The van der Waals surface area contributed by atoms with Gasteiger partial charge >= 0.3 is 12.1 Å². The quantitative estimate of drug-likeness (QED) is 0.282. The van der Waals surface area contributed by atoms with Gasteiger partial charge in [-0.25, -0.2) is 9.59 Å². The van der Waals surface area contributed by atoms with E-state index in [0.717, 1.165) is 16.2 Å². The molecule has 2 aromatic carbocycles. The minimum absolute atomic E-state index is 0.0170. The number of carbonyl (C=O) groups excluding carboxylic acids is 4. The molecule has 3 aromatic rings. The smallest absolute Gasteiger partial charge is 0.414 e. The van der Waals surface area contributed by atoms with Crippen LogP contribution in [-0.4, -0.2) is 78.7 Å². The zero-order valence-electron chi connectivity index (χ0n) is 20.8. The van der Waals surface area contributed by atoms with E-state index in [0.29, 0.717) is 31.7 Å².